The van der Waals surface area contributed by atoms with Crippen LogP contribution in [0.5, 0.6) is 5.75 Å². The van der Waals surface area contributed by atoms with Crippen molar-refractivity contribution in [2.24, 2.45) is 0 Å². The Morgan fingerprint density at radius 3 is 2.30 bits per heavy atom. The second kappa shape index (κ2) is 8.25. The van der Waals surface area contributed by atoms with Gasteiger partial charge in [-0.25, -0.2) is 4.79 Å². The Balaban J connectivity index is 1.91. The average molecular weight is 367 g/mol. The number of rotatable bonds is 5. The third-order valence-corrected chi connectivity index (χ3v) is 5.33. The predicted octanol–water partition coefficient (Wildman–Crippen LogP) is 4.32. The minimum absolute atomic E-state index is 0.0330. The lowest BCUT2D eigenvalue weighted by molar-refractivity contribution is -0.122. The number of nitrogens with one attached hydrogen (secondary N) is 1. The highest BCUT2D eigenvalue weighted by molar-refractivity contribution is 6.01. The number of anilines is 1. The molecule has 3 rings (SSSR count). The van der Waals surface area contributed by atoms with E-state index in [2.05, 4.69) is 5.32 Å². The first kappa shape index (κ1) is 19.0. The lowest BCUT2D eigenvalue weighted by Crippen LogP contribution is -2.42. The summed E-state index contributed by atoms with van der Waals surface area (Å²) in [4.78, 5) is 25.3. The summed E-state index contributed by atoms with van der Waals surface area (Å²) in [6.45, 7) is 0. The van der Waals surface area contributed by atoms with E-state index in [9.17, 15) is 9.59 Å². The van der Waals surface area contributed by atoms with Crippen LogP contribution in [0.1, 0.15) is 48.0 Å². The molecule has 0 unspecified atom stereocenters. The number of benzene rings is 2. The minimum atomic E-state index is -0.537. The molecule has 0 atom stereocenters. The van der Waals surface area contributed by atoms with Crippen LogP contribution in [0.2, 0.25) is 0 Å². The second-order valence-electron chi connectivity index (χ2n) is 6.87. The molecule has 5 heteroatoms. The van der Waals surface area contributed by atoms with Crippen LogP contribution in [0.3, 0.4) is 0 Å². The van der Waals surface area contributed by atoms with Crippen LogP contribution in [0, 0.1) is 0 Å². The Morgan fingerprint density at radius 2 is 1.67 bits per heavy atom. The number of ether oxygens (including phenoxy) is 2. The van der Waals surface area contributed by atoms with E-state index in [1.807, 2.05) is 30.3 Å². The summed E-state index contributed by atoms with van der Waals surface area (Å²) < 4.78 is 10.0. The molecule has 27 heavy (non-hydrogen) atoms. The third-order valence-electron chi connectivity index (χ3n) is 5.33. The Kier molecular flexibility index (Phi) is 5.79. The molecule has 0 heterocycles. The van der Waals surface area contributed by atoms with Gasteiger partial charge in [0.1, 0.15) is 11.3 Å². The van der Waals surface area contributed by atoms with Crippen molar-refractivity contribution in [2.75, 3.05) is 19.5 Å². The normalized spacial score (nSPS) is 15.6. The van der Waals surface area contributed by atoms with Crippen molar-refractivity contribution in [1.82, 2.24) is 0 Å². The van der Waals surface area contributed by atoms with Crippen LogP contribution in [-0.4, -0.2) is 26.1 Å². The van der Waals surface area contributed by atoms with Gasteiger partial charge >= 0.3 is 5.97 Å². The number of carbonyl (C=O) groups excluding carboxylic acids is 2. The van der Waals surface area contributed by atoms with E-state index in [-0.39, 0.29) is 11.5 Å². The molecule has 5 nitrogen and oxygen atoms in total. The summed E-state index contributed by atoms with van der Waals surface area (Å²) in [5.74, 6) is -0.122. The lowest BCUT2D eigenvalue weighted by atomic mass is 9.68. The fourth-order valence-electron chi connectivity index (χ4n) is 3.87. The fourth-order valence-corrected chi connectivity index (χ4v) is 3.87. The summed E-state index contributed by atoms with van der Waals surface area (Å²) >= 11 is 0. The molecule has 0 spiro atoms. The number of esters is 1. The number of hydrogen-bond acceptors (Lipinski definition) is 4. The molecule has 0 saturated heterocycles. The second-order valence-corrected chi connectivity index (χ2v) is 6.87. The molecule has 1 saturated carbocycles. The molecule has 1 aliphatic carbocycles. The zero-order valence-corrected chi connectivity index (χ0v) is 15.8. The van der Waals surface area contributed by atoms with Crippen LogP contribution in [0.4, 0.5) is 5.69 Å². The van der Waals surface area contributed by atoms with Crippen LogP contribution in [0.15, 0.2) is 48.5 Å². The van der Waals surface area contributed by atoms with Crippen molar-refractivity contribution in [2.45, 2.75) is 37.5 Å². The van der Waals surface area contributed by atoms with Gasteiger partial charge in [0.2, 0.25) is 5.91 Å². The van der Waals surface area contributed by atoms with Crippen LogP contribution in [0.25, 0.3) is 0 Å². The fraction of sp³-hybridized carbons (Fsp3) is 0.364. The molecule has 0 aliphatic heterocycles. The van der Waals surface area contributed by atoms with E-state index in [0.717, 1.165) is 37.7 Å². The largest absolute Gasteiger partial charge is 0.496 e. The summed E-state index contributed by atoms with van der Waals surface area (Å²) in [5.41, 5.74) is 1.35. The highest BCUT2D eigenvalue weighted by Crippen LogP contribution is 2.40. The Hall–Kier alpha value is -2.82. The highest BCUT2D eigenvalue weighted by atomic mass is 16.5. The Bertz CT molecular complexity index is 810. The third kappa shape index (κ3) is 3.82. The zero-order valence-electron chi connectivity index (χ0n) is 15.8. The van der Waals surface area contributed by atoms with Crippen LogP contribution in [-0.2, 0) is 14.9 Å². The highest BCUT2D eigenvalue weighted by Gasteiger charge is 2.41. The van der Waals surface area contributed by atoms with Crippen LogP contribution < -0.4 is 10.1 Å². The van der Waals surface area contributed by atoms with E-state index < -0.39 is 11.4 Å². The van der Waals surface area contributed by atoms with Gasteiger partial charge < -0.3 is 14.8 Å². The quantitative estimate of drug-likeness (QED) is 0.799. The van der Waals surface area contributed by atoms with E-state index >= 15 is 0 Å². The molecule has 1 N–H and O–H groups in total. The Labute approximate surface area is 159 Å². The van der Waals surface area contributed by atoms with Gasteiger partial charge in [-0.15, -0.1) is 0 Å². The van der Waals surface area contributed by atoms with Gasteiger partial charge in [0.15, 0.2) is 0 Å². The van der Waals surface area contributed by atoms with Crippen molar-refractivity contribution < 1.29 is 19.1 Å². The minimum Gasteiger partial charge on any atom is -0.496 e. The topological polar surface area (TPSA) is 64.6 Å². The van der Waals surface area contributed by atoms with Crippen molar-refractivity contribution in [3.63, 3.8) is 0 Å². The maximum absolute atomic E-state index is 13.3. The van der Waals surface area contributed by atoms with Gasteiger partial charge in [-0.1, -0.05) is 49.6 Å². The van der Waals surface area contributed by atoms with Crippen molar-refractivity contribution >= 4 is 17.6 Å². The maximum atomic E-state index is 13.3. The van der Waals surface area contributed by atoms with E-state index in [0.29, 0.717) is 11.4 Å². The molecule has 1 amide bonds. The van der Waals surface area contributed by atoms with Crippen molar-refractivity contribution in [3.05, 3.63) is 59.7 Å². The molecule has 0 aromatic heterocycles. The Morgan fingerprint density at radius 1 is 0.963 bits per heavy atom. The summed E-state index contributed by atoms with van der Waals surface area (Å²) in [6.07, 6.45) is 4.85. The number of hydrogen-bond donors (Lipinski definition) is 1. The molecule has 1 aliphatic rings. The van der Waals surface area contributed by atoms with E-state index in [1.54, 1.807) is 18.2 Å². The monoisotopic (exact) mass is 367 g/mol. The lowest BCUT2D eigenvalue weighted by Gasteiger charge is -2.36. The molecular formula is C22H25NO4. The van der Waals surface area contributed by atoms with Gasteiger partial charge in [0.25, 0.3) is 0 Å². The zero-order chi connectivity index (χ0) is 19.3. The number of carbonyl (C=O) groups is 2. The summed E-state index contributed by atoms with van der Waals surface area (Å²) in [7, 11) is 2.81. The molecule has 0 radical (unpaired) electrons. The number of methoxy groups -OCH3 is 2. The maximum Gasteiger partial charge on any atom is 0.341 e. The summed E-state index contributed by atoms with van der Waals surface area (Å²) in [6, 6.07) is 15.0. The molecule has 2 aromatic rings. The van der Waals surface area contributed by atoms with Crippen molar-refractivity contribution in [1.29, 1.82) is 0 Å². The van der Waals surface area contributed by atoms with Crippen molar-refractivity contribution in [3.8, 4) is 5.75 Å². The first-order valence-electron chi connectivity index (χ1n) is 9.24. The molecule has 2 aromatic carbocycles. The standard InChI is InChI=1S/C22H25NO4/c1-26-19-12-11-17(15-18(19)20(24)27-2)23-21(25)22(13-7-4-8-14-22)16-9-5-3-6-10-16/h3,5-6,9-12,15H,4,7-8,13-14H2,1-2H3,(H,23,25). The van der Waals surface area contributed by atoms with Gasteiger partial charge in [-0.3, -0.25) is 4.79 Å². The smallest absolute Gasteiger partial charge is 0.341 e. The molecular weight excluding hydrogens is 342 g/mol. The molecule has 142 valence electrons. The van der Waals surface area contributed by atoms with Gasteiger partial charge in [-0.2, -0.15) is 0 Å². The summed E-state index contributed by atoms with van der Waals surface area (Å²) in [5, 5.41) is 3.02. The predicted molar refractivity (Wildman–Crippen MR) is 104 cm³/mol. The van der Waals surface area contributed by atoms with E-state index in [1.165, 1.54) is 14.2 Å². The van der Waals surface area contributed by atoms with E-state index in [4.69, 9.17) is 9.47 Å². The molecule has 0 bridgehead atoms. The number of amides is 1. The van der Waals surface area contributed by atoms with Gasteiger partial charge in [0, 0.05) is 5.69 Å². The first-order valence-corrected chi connectivity index (χ1v) is 9.24. The van der Waals surface area contributed by atoms with Gasteiger partial charge in [0.05, 0.1) is 19.6 Å². The average Bonchev–Trinajstić information content (AvgIpc) is 2.74. The van der Waals surface area contributed by atoms with Gasteiger partial charge in [-0.05, 0) is 36.6 Å². The van der Waals surface area contributed by atoms with Crippen LogP contribution >= 0.6 is 0 Å². The molecule has 1 fully saturated rings. The first-order chi connectivity index (χ1) is 13.1. The SMILES string of the molecule is COC(=O)c1cc(NC(=O)C2(c3ccccc3)CCCCC2)ccc1OC.